The SMILES string of the molecule is C=C/C(=C\C=C/C)Nc1c(CO)c(=O)c2ccc(C)nc2n1-c1ccccc1. The monoisotopic (exact) mass is 373 g/mol. The van der Waals surface area contributed by atoms with Crippen molar-refractivity contribution in [2.75, 3.05) is 5.32 Å². The number of hydrogen-bond acceptors (Lipinski definition) is 4. The highest BCUT2D eigenvalue weighted by atomic mass is 16.3. The van der Waals surface area contributed by atoms with Gasteiger partial charge in [0.05, 0.1) is 17.6 Å². The number of aliphatic hydroxyl groups excluding tert-OH is 1. The zero-order valence-corrected chi connectivity index (χ0v) is 16.0. The van der Waals surface area contributed by atoms with Crippen molar-refractivity contribution in [3.63, 3.8) is 0 Å². The maximum atomic E-state index is 13.0. The van der Waals surface area contributed by atoms with E-state index in [1.165, 1.54) is 0 Å². The third-order valence-corrected chi connectivity index (χ3v) is 4.38. The molecule has 0 amide bonds. The van der Waals surface area contributed by atoms with Gasteiger partial charge in [-0.25, -0.2) is 4.98 Å². The Bertz CT molecular complexity index is 1130. The number of hydrogen-bond donors (Lipinski definition) is 2. The average molecular weight is 373 g/mol. The van der Waals surface area contributed by atoms with E-state index in [1.54, 1.807) is 18.2 Å². The maximum Gasteiger partial charge on any atom is 0.198 e. The van der Waals surface area contributed by atoms with Crippen molar-refractivity contribution in [1.82, 2.24) is 9.55 Å². The lowest BCUT2D eigenvalue weighted by Crippen LogP contribution is -2.21. The Labute approximate surface area is 164 Å². The lowest BCUT2D eigenvalue weighted by atomic mass is 10.1. The molecule has 2 heterocycles. The second-order valence-corrected chi connectivity index (χ2v) is 6.29. The molecule has 2 aromatic heterocycles. The van der Waals surface area contributed by atoms with Crippen molar-refractivity contribution in [2.45, 2.75) is 20.5 Å². The van der Waals surface area contributed by atoms with Gasteiger partial charge in [0.15, 0.2) is 5.43 Å². The second-order valence-electron chi connectivity index (χ2n) is 6.29. The first kappa shape index (κ1) is 19.3. The van der Waals surface area contributed by atoms with Gasteiger partial charge in [-0.1, -0.05) is 36.9 Å². The molecule has 0 aliphatic carbocycles. The van der Waals surface area contributed by atoms with E-state index in [-0.39, 0.29) is 11.0 Å². The molecule has 1 aromatic carbocycles. The molecule has 28 heavy (non-hydrogen) atoms. The van der Waals surface area contributed by atoms with Crippen LogP contribution in [-0.4, -0.2) is 14.7 Å². The fourth-order valence-corrected chi connectivity index (χ4v) is 3.01. The predicted molar refractivity (Wildman–Crippen MR) is 115 cm³/mol. The summed E-state index contributed by atoms with van der Waals surface area (Å²) in [5.41, 5.74) is 2.89. The molecule has 5 nitrogen and oxygen atoms in total. The van der Waals surface area contributed by atoms with Gasteiger partial charge in [0, 0.05) is 17.1 Å². The molecular weight excluding hydrogens is 350 g/mol. The second kappa shape index (κ2) is 8.50. The van der Waals surface area contributed by atoms with Crippen LogP contribution in [0.1, 0.15) is 18.2 Å². The first-order chi connectivity index (χ1) is 13.6. The van der Waals surface area contributed by atoms with E-state index in [0.29, 0.717) is 22.5 Å². The Hall–Kier alpha value is -3.44. The van der Waals surface area contributed by atoms with Crippen LogP contribution in [-0.2, 0) is 6.61 Å². The van der Waals surface area contributed by atoms with Gasteiger partial charge in [-0.05, 0) is 50.3 Å². The van der Waals surface area contributed by atoms with Gasteiger partial charge in [-0.15, -0.1) is 0 Å². The molecule has 0 fully saturated rings. The topological polar surface area (TPSA) is 67.2 Å². The van der Waals surface area contributed by atoms with Crippen LogP contribution in [0.3, 0.4) is 0 Å². The van der Waals surface area contributed by atoms with Crippen LogP contribution in [0.25, 0.3) is 16.7 Å². The van der Waals surface area contributed by atoms with Crippen molar-refractivity contribution >= 4 is 16.9 Å². The number of nitrogens with zero attached hydrogens (tertiary/aromatic N) is 2. The van der Waals surface area contributed by atoms with Crippen LogP contribution in [0.5, 0.6) is 0 Å². The smallest absolute Gasteiger partial charge is 0.198 e. The number of aryl methyl sites for hydroxylation is 1. The summed E-state index contributed by atoms with van der Waals surface area (Å²) < 4.78 is 1.86. The largest absolute Gasteiger partial charge is 0.391 e. The minimum atomic E-state index is -0.397. The molecule has 0 aliphatic heterocycles. The molecular formula is C23H23N3O2. The van der Waals surface area contributed by atoms with E-state index in [0.717, 1.165) is 11.4 Å². The molecule has 0 bridgehead atoms. The van der Waals surface area contributed by atoms with Gasteiger partial charge in [-0.2, -0.15) is 0 Å². The first-order valence-corrected chi connectivity index (χ1v) is 9.04. The van der Waals surface area contributed by atoms with E-state index in [1.807, 2.05) is 67.0 Å². The quantitative estimate of drug-likeness (QED) is 0.634. The molecule has 0 saturated heterocycles. The Morgan fingerprint density at radius 3 is 2.64 bits per heavy atom. The van der Waals surface area contributed by atoms with Crippen LogP contribution < -0.4 is 10.7 Å². The van der Waals surface area contributed by atoms with Gasteiger partial charge in [0.25, 0.3) is 0 Å². The highest BCUT2D eigenvalue weighted by molar-refractivity contribution is 5.82. The maximum absolute atomic E-state index is 13.0. The number of nitrogens with one attached hydrogen (secondary N) is 1. The number of benzene rings is 1. The number of pyridine rings is 2. The van der Waals surface area contributed by atoms with Crippen molar-refractivity contribution in [2.24, 2.45) is 0 Å². The van der Waals surface area contributed by atoms with E-state index >= 15 is 0 Å². The van der Waals surface area contributed by atoms with Crippen molar-refractivity contribution in [3.8, 4) is 5.69 Å². The zero-order valence-electron chi connectivity index (χ0n) is 16.0. The third kappa shape index (κ3) is 3.66. The molecule has 142 valence electrons. The molecule has 5 heteroatoms. The Balaban J connectivity index is 2.43. The van der Waals surface area contributed by atoms with Gasteiger partial charge >= 0.3 is 0 Å². The van der Waals surface area contributed by atoms with E-state index < -0.39 is 6.61 Å². The van der Waals surface area contributed by atoms with Gasteiger partial charge in [0.1, 0.15) is 11.5 Å². The summed E-state index contributed by atoms with van der Waals surface area (Å²) in [5.74, 6) is 0.472. The summed E-state index contributed by atoms with van der Waals surface area (Å²) in [6, 6.07) is 13.2. The highest BCUT2D eigenvalue weighted by Crippen LogP contribution is 2.26. The van der Waals surface area contributed by atoms with Crippen molar-refractivity contribution in [1.29, 1.82) is 0 Å². The lowest BCUT2D eigenvalue weighted by molar-refractivity contribution is 0.281. The zero-order chi connectivity index (χ0) is 20.1. The number of fused-ring (bicyclic) bond motifs is 1. The molecule has 0 aliphatic rings. The van der Waals surface area contributed by atoms with Crippen LogP contribution in [0.4, 0.5) is 5.82 Å². The third-order valence-electron chi connectivity index (χ3n) is 4.38. The fraction of sp³-hybridized carbons (Fsp3) is 0.130. The Morgan fingerprint density at radius 1 is 1.25 bits per heavy atom. The summed E-state index contributed by atoms with van der Waals surface area (Å²) in [5, 5.41) is 13.7. The molecule has 0 spiro atoms. The molecule has 0 atom stereocenters. The summed E-state index contributed by atoms with van der Waals surface area (Å²) in [7, 11) is 0. The first-order valence-electron chi connectivity index (χ1n) is 9.04. The lowest BCUT2D eigenvalue weighted by Gasteiger charge is -2.21. The van der Waals surface area contributed by atoms with Crippen LogP contribution in [0.15, 0.2) is 83.8 Å². The fourth-order valence-electron chi connectivity index (χ4n) is 3.01. The van der Waals surface area contributed by atoms with Crippen molar-refractivity contribution in [3.05, 3.63) is 101 Å². The molecule has 0 saturated carbocycles. The molecule has 3 aromatic rings. The number of anilines is 1. The van der Waals surface area contributed by atoms with Gasteiger partial charge in [-0.3, -0.25) is 9.36 Å². The van der Waals surface area contributed by atoms with Crippen LogP contribution in [0, 0.1) is 6.92 Å². The Kier molecular flexibility index (Phi) is 5.87. The highest BCUT2D eigenvalue weighted by Gasteiger charge is 2.19. The van der Waals surface area contributed by atoms with Crippen LogP contribution in [0.2, 0.25) is 0 Å². The summed E-state index contributed by atoms with van der Waals surface area (Å²) in [6.45, 7) is 7.24. The summed E-state index contributed by atoms with van der Waals surface area (Å²) in [4.78, 5) is 17.7. The number of rotatable bonds is 6. The Morgan fingerprint density at radius 2 is 2.00 bits per heavy atom. The minimum Gasteiger partial charge on any atom is -0.391 e. The number of aromatic nitrogens is 2. The average Bonchev–Trinajstić information content (AvgIpc) is 2.71. The standard InChI is InChI=1S/C23H23N3O2/c1-4-6-10-17(5-2)25-23-20(15-27)21(28)19-14-13-16(3)24-22(19)26(23)18-11-8-7-9-12-18/h4-14,25,27H,2,15H2,1,3H3/b6-4-,17-10+. The normalized spacial score (nSPS) is 11.9. The van der Waals surface area contributed by atoms with Gasteiger partial charge < -0.3 is 10.4 Å². The van der Waals surface area contributed by atoms with Gasteiger partial charge in [0.2, 0.25) is 0 Å². The number of para-hydroxylation sites is 1. The van der Waals surface area contributed by atoms with Crippen molar-refractivity contribution < 1.29 is 5.11 Å². The molecule has 2 N–H and O–H groups in total. The van der Waals surface area contributed by atoms with E-state index in [9.17, 15) is 9.90 Å². The minimum absolute atomic E-state index is 0.242. The summed E-state index contributed by atoms with van der Waals surface area (Å²) in [6.07, 6.45) is 7.28. The predicted octanol–water partition coefficient (Wildman–Crippen LogP) is 4.24. The number of aliphatic hydroxyl groups is 1. The van der Waals surface area contributed by atoms with E-state index in [4.69, 9.17) is 0 Å². The van der Waals surface area contributed by atoms with E-state index in [2.05, 4.69) is 16.9 Å². The summed E-state index contributed by atoms with van der Waals surface area (Å²) >= 11 is 0. The molecule has 0 radical (unpaired) electrons. The molecule has 3 rings (SSSR count). The number of allylic oxidation sites excluding steroid dienone is 4. The van der Waals surface area contributed by atoms with Crippen LogP contribution >= 0.6 is 0 Å². The molecule has 0 unspecified atom stereocenters.